The van der Waals surface area contributed by atoms with Crippen LogP contribution in [-0.2, 0) is 4.79 Å². The quantitative estimate of drug-likeness (QED) is 0.813. The number of carboxylic acid groups (broad SMARTS) is 1. The number of rotatable bonds is 5. The zero-order chi connectivity index (χ0) is 13.8. The number of nitrogens with zero attached hydrogens (tertiary/aromatic N) is 2. The first-order chi connectivity index (χ1) is 9.10. The van der Waals surface area contributed by atoms with E-state index in [0.29, 0.717) is 5.75 Å². The van der Waals surface area contributed by atoms with Gasteiger partial charge in [0, 0.05) is 6.07 Å². The predicted molar refractivity (Wildman–Crippen MR) is 66.7 cm³/mol. The van der Waals surface area contributed by atoms with Gasteiger partial charge in [-0.25, -0.2) is 9.37 Å². The zero-order valence-electron chi connectivity index (χ0n) is 9.88. The molecule has 0 fully saturated rings. The highest BCUT2D eigenvalue weighted by Gasteiger charge is 2.12. The largest absolute Gasteiger partial charge is 0.497 e. The fraction of sp³-hybridized carbons (Fsp3) is 0.182. The Morgan fingerprint density at radius 2 is 2.37 bits per heavy atom. The maximum atomic E-state index is 13.8. The Bertz CT molecular complexity index is 603. The van der Waals surface area contributed by atoms with Gasteiger partial charge >= 0.3 is 5.97 Å². The third kappa shape index (κ3) is 3.22. The molecule has 0 aliphatic carbocycles. The molecule has 0 saturated carbocycles. The molecule has 1 heterocycles. The topological polar surface area (TPSA) is 88.1 Å². The molecule has 0 spiro atoms. The van der Waals surface area contributed by atoms with Crippen LogP contribution in [0.1, 0.15) is 0 Å². The molecular weight excluding hydrogens is 273 g/mol. The normalized spacial score (nSPS) is 10.4. The fourth-order valence-corrected chi connectivity index (χ4v) is 1.89. The first-order valence-corrected chi connectivity index (χ1v) is 6.19. The molecular formula is C11H10FN3O3S. The van der Waals surface area contributed by atoms with Crippen molar-refractivity contribution in [1.82, 2.24) is 15.2 Å². The number of H-pyrrole nitrogens is 1. The summed E-state index contributed by atoms with van der Waals surface area (Å²) in [4.78, 5) is 14.4. The Balaban J connectivity index is 2.20. The molecule has 2 rings (SSSR count). The average molecular weight is 283 g/mol. The van der Waals surface area contributed by atoms with Crippen molar-refractivity contribution in [2.75, 3.05) is 12.9 Å². The van der Waals surface area contributed by atoms with E-state index >= 15 is 0 Å². The molecule has 0 saturated heterocycles. The number of nitrogens with one attached hydrogen (secondary N) is 1. The number of aliphatic carboxylic acids is 1. The van der Waals surface area contributed by atoms with E-state index in [1.165, 1.54) is 19.2 Å². The Morgan fingerprint density at radius 1 is 1.58 bits per heavy atom. The number of aromatic amines is 1. The summed E-state index contributed by atoms with van der Waals surface area (Å²) in [5, 5.41) is 15.2. The molecule has 0 atom stereocenters. The van der Waals surface area contributed by atoms with E-state index < -0.39 is 11.8 Å². The van der Waals surface area contributed by atoms with Gasteiger partial charge < -0.3 is 9.84 Å². The lowest BCUT2D eigenvalue weighted by molar-refractivity contribution is -0.133. The minimum Gasteiger partial charge on any atom is -0.497 e. The van der Waals surface area contributed by atoms with Crippen molar-refractivity contribution in [3.63, 3.8) is 0 Å². The Kier molecular flexibility index (Phi) is 4.00. The summed E-state index contributed by atoms with van der Waals surface area (Å²) in [5.41, 5.74) is 0.246. The van der Waals surface area contributed by atoms with Crippen molar-refractivity contribution in [3.05, 3.63) is 24.0 Å². The second-order valence-electron chi connectivity index (χ2n) is 3.49. The van der Waals surface area contributed by atoms with Gasteiger partial charge in [-0.05, 0) is 12.1 Å². The van der Waals surface area contributed by atoms with Crippen LogP contribution in [0.3, 0.4) is 0 Å². The summed E-state index contributed by atoms with van der Waals surface area (Å²) in [5.74, 6) is -0.964. The van der Waals surface area contributed by atoms with Crippen molar-refractivity contribution in [2.24, 2.45) is 0 Å². The van der Waals surface area contributed by atoms with Crippen molar-refractivity contribution in [2.45, 2.75) is 5.16 Å². The van der Waals surface area contributed by atoms with Gasteiger partial charge in [0.2, 0.25) is 5.16 Å². The number of methoxy groups -OCH3 is 1. The van der Waals surface area contributed by atoms with Crippen LogP contribution in [0.15, 0.2) is 23.4 Å². The van der Waals surface area contributed by atoms with Gasteiger partial charge in [0.05, 0.1) is 18.4 Å². The molecule has 1 aromatic carbocycles. The summed E-state index contributed by atoms with van der Waals surface area (Å²) < 4.78 is 18.7. The average Bonchev–Trinajstić information content (AvgIpc) is 2.84. The summed E-state index contributed by atoms with van der Waals surface area (Å²) in [6.07, 6.45) is 0. The van der Waals surface area contributed by atoms with Crippen molar-refractivity contribution >= 4 is 17.7 Å². The van der Waals surface area contributed by atoms with Crippen LogP contribution in [-0.4, -0.2) is 39.1 Å². The molecule has 100 valence electrons. The molecule has 0 bridgehead atoms. The van der Waals surface area contributed by atoms with Crippen LogP contribution in [0.2, 0.25) is 0 Å². The first kappa shape index (κ1) is 13.3. The zero-order valence-corrected chi connectivity index (χ0v) is 10.7. The van der Waals surface area contributed by atoms with Crippen LogP contribution in [0.5, 0.6) is 5.75 Å². The van der Waals surface area contributed by atoms with Gasteiger partial charge in [0.1, 0.15) is 11.6 Å². The van der Waals surface area contributed by atoms with Crippen molar-refractivity contribution in [3.8, 4) is 17.1 Å². The van der Waals surface area contributed by atoms with E-state index in [1.54, 1.807) is 6.07 Å². The molecule has 2 aromatic rings. The molecule has 1 aromatic heterocycles. The van der Waals surface area contributed by atoms with Gasteiger partial charge in [-0.15, -0.1) is 5.10 Å². The molecule has 0 amide bonds. The minimum absolute atomic E-state index is 0.150. The van der Waals surface area contributed by atoms with Crippen LogP contribution >= 0.6 is 11.8 Å². The van der Waals surface area contributed by atoms with E-state index in [9.17, 15) is 9.18 Å². The van der Waals surface area contributed by atoms with E-state index in [1.807, 2.05) is 0 Å². The van der Waals surface area contributed by atoms with Crippen molar-refractivity contribution < 1.29 is 19.0 Å². The molecule has 8 heteroatoms. The van der Waals surface area contributed by atoms with Crippen LogP contribution in [0.4, 0.5) is 4.39 Å². The molecule has 2 N–H and O–H groups in total. The molecule has 0 unspecified atom stereocenters. The number of hydrogen-bond acceptors (Lipinski definition) is 5. The SMILES string of the molecule is COc1ccc(-c2nc(SCC(=O)O)n[nH]2)c(F)c1. The number of carbonyl (C=O) groups is 1. The predicted octanol–water partition coefficient (Wildman–Crippen LogP) is 1.80. The highest BCUT2D eigenvalue weighted by atomic mass is 32.2. The van der Waals surface area contributed by atoms with E-state index in [2.05, 4.69) is 15.2 Å². The lowest BCUT2D eigenvalue weighted by atomic mass is 10.2. The van der Waals surface area contributed by atoms with Gasteiger partial charge in [-0.3, -0.25) is 9.89 Å². The van der Waals surface area contributed by atoms with Crippen molar-refractivity contribution in [1.29, 1.82) is 0 Å². The smallest absolute Gasteiger partial charge is 0.313 e. The number of aromatic nitrogens is 3. The summed E-state index contributed by atoms with van der Waals surface area (Å²) in [7, 11) is 1.45. The maximum absolute atomic E-state index is 13.8. The highest BCUT2D eigenvalue weighted by molar-refractivity contribution is 7.99. The van der Waals surface area contributed by atoms with E-state index in [-0.39, 0.29) is 22.3 Å². The minimum atomic E-state index is -0.966. The molecule has 0 aliphatic rings. The molecule has 0 radical (unpaired) electrons. The highest BCUT2D eigenvalue weighted by Crippen LogP contribution is 2.24. The Hall–Kier alpha value is -2.09. The molecule has 19 heavy (non-hydrogen) atoms. The summed E-state index contributed by atoms with van der Waals surface area (Å²) in [6.45, 7) is 0. The number of ether oxygens (including phenoxy) is 1. The Labute approximate surface area is 112 Å². The van der Waals surface area contributed by atoms with Gasteiger partial charge in [-0.1, -0.05) is 11.8 Å². The third-order valence-corrected chi connectivity index (χ3v) is 3.05. The van der Waals surface area contributed by atoms with E-state index in [4.69, 9.17) is 9.84 Å². The van der Waals surface area contributed by atoms with Gasteiger partial charge in [-0.2, -0.15) is 0 Å². The fourth-order valence-electron chi connectivity index (χ4n) is 1.37. The van der Waals surface area contributed by atoms with Gasteiger partial charge in [0.25, 0.3) is 0 Å². The summed E-state index contributed by atoms with van der Waals surface area (Å²) >= 11 is 0.957. The number of halogens is 1. The number of hydrogen-bond donors (Lipinski definition) is 2. The van der Waals surface area contributed by atoms with Crippen LogP contribution in [0, 0.1) is 5.82 Å². The number of benzene rings is 1. The summed E-state index contributed by atoms with van der Waals surface area (Å²) in [6, 6.07) is 4.35. The third-order valence-electron chi connectivity index (χ3n) is 2.22. The lowest BCUT2D eigenvalue weighted by Crippen LogP contribution is -1.97. The van der Waals surface area contributed by atoms with Gasteiger partial charge in [0.15, 0.2) is 5.82 Å². The second-order valence-corrected chi connectivity index (χ2v) is 4.44. The van der Waals surface area contributed by atoms with E-state index in [0.717, 1.165) is 11.8 Å². The van der Waals surface area contributed by atoms with Crippen LogP contribution in [0.25, 0.3) is 11.4 Å². The first-order valence-electron chi connectivity index (χ1n) is 5.21. The Morgan fingerprint density at radius 3 is 3.00 bits per heavy atom. The molecule has 6 nitrogen and oxygen atoms in total. The van der Waals surface area contributed by atoms with Crippen LogP contribution < -0.4 is 4.74 Å². The standard InChI is InChI=1S/C11H10FN3O3S/c1-18-6-2-3-7(8(12)4-6)10-13-11(15-14-10)19-5-9(16)17/h2-4H,5H2,1H3,(H,16,17)(H,13,14,15). The monoisotopic (exact) mass is 283 g/mol. The lowest BCUT2D eigenvalue weighted by Gasteiger charge is -2.02. The molecule has 0 aliphatic heterocycles. The maximum Gasteiger partial charge on any atom is 0.313 e. The number of thioether (sulfide) groups is 1. The number of carboxylic acids is 1. The second kappa shape index (κ2) is 5.70.